The summed E-state index contributed by atoms with van der Waals surface area (Å²) < 4.78 is 5.24. The summed E-state index contributed by atoms with van der Waals surface area (Å²) in [6.07, 6.45) is 0.511. The molecule has 31 heavy (non-hydrogen) atoms. The Bertz CT molecular complexity index is 937. The molecule has 0 aliphatic carbocycles. The number of amides is 1. The summed E-state index contributed by atoms with van der Waals surface area (Å²) in [7, 11) is 1.69. The molecule has 0 saturated carbocycles. The Balaban J connectivity index is 1.27. The first kappa shape index (κ1) is 21.4. The van der Waals surface area contributed by atoms with Crippen molar-refractivity contribution in [3.63, 3.8) is 0 Å². The summed E-state index contributed by atoms with van der Waals surface area (Å²) >= 11 is 1.68. The predicted molar refractivity (Wildman–Crippen MR) is 127 cm³/mol. The van der Waals surface area contributed by atoms with E-state index in [1.165, 1.54) is 5.69 Å². The molecule has 5 nitrogen and oxygen atoms in total. The number of rotatable bonds is 8. The third-order valence-corrected chi connectivity index (χ3v) is 6.67. The standard InChI is InChI=1S/C25H29N3O2S/c1-30-22-11-9-21(10-12-22)28-17-15-27(16-18-28)14-13-24(29)26-25(23-8-5-19-31-23)20-6-3-2-4-7-20/h2-12,19,25H,13-18H2,1H3,(H,26,29)/t25-/m0/s1. The summed E-state index contributed by atoms with van der Waals surface area (Å²) in [5.74, 6) is 0.976. The number of piperazine rings is 1. The number of methoxy groups -OCH3 is 1. The van der Waals surface area contributed by atoms with Crippen LogP contribution in [-0.4, -0.2) is 50.6 Å². The maximum Gasteiger partial charge on any atom is 0.222 e. The van der Waals surface area contributed by atoms with Crippen molar-refractivity contribution >= 4 is 22.9 Å². The van der Waals surface area contributed by atoms with E-state index in [4.69, 9.17) is 4.74 Å². The summed E-state index contributed by atoms with van der Waals surface area (Å²) in [6.45, 7) is 4.65. The summed E-state index contributed by atoms with van der Waals surface area (Å²) in [4.78, 5) is 18.7. The molecule has 2 heterocycles. The van der Waals surface area contributed by atoms with Crippen LogP contribution in [0.2, 0.25) is 0 Å². The summed E-state index contributed by atoms with van der Waals surface area (Å²) in [5.41, 5.74) is 2.34. The van der Waals surface area contributed by atoms with Gasteiger partial charge in [-0.1, -0.05) is 36.4 Å². The zero-order chi connectivity index (χ0) is 21.5. The van der Waals surface area contributed by atoms with Gasteiger partial charge in [0.25, 0.3) is 0 Å². The fourth-order valence-electron chi connectivity index (χ4n) is 3.94. The Morgan fingerprint density at radius 2 is 1.74 bits per heavy atom. The van der Waals surface area contributed by atoms with Crippen LogP contribution in [0.5, 0.6) is 5.75 Å². The maximum atomic E-state index is 12.8. The van der Waals surface area contributed by atoms with E-state index in [2.05, 4.69) is 50.8 Å². The molecule has 0 unspecified atom stereocenters. The first-order valence-corrected chi connectivity index (χ1v) is 11.6. The van der Waals surface area contributed by atoms with Gasteiger partial charge in [0.2, 0.25) is 5.91 Å². The quantitative estimate of drug-likeness (QED) is 0.577. The van der Waals surface area contributed by atoms with Gasteiger partial charge in [0.05, 0.1) is 13.2 Å². The van der Waals surface area contributed by atoms with Gasteiger partial charge in [0, 0.05) is 49.7 Å². The highest BCUT2D eigenvalue weighted by molar-refractivity contribution is 7.10. The van der Waals surface area contributed by atoms with E-state index in [1.807, 2.05) is 36.4 Å². The molecule has 1 amide bonds. The second-order valence-corrected chi connectivity index (χ2v) is 8.68. The van der Waals surface area contributed by atoms with Crippen LogP contribution in [0.4, 0.5) is 5.69 Å². The molecule has 162 valence electrons. The minimum Gasteiger partial charge on any atom is -0.497 e. The first-order valence-electron chi connectivity index (χ1n) is 10.7. The lowest BCUT2D eigenvalue weighted by Crippen LogP contribution is -2.47. The minimum absolute atomic E-state index is 0.0828. The summed E-state index contributed by atoms with van der Waals surface area (Å²) in [6, 6.07) is 22.4. The van der Waals surface area contributed by atoms with E-state index in [0.717, 1.165) is 48.9 Å². The number of thiophene rings is 1. The second kappa shape index (κ2) is 10.5. The predicted octanol–water partition coefficient (Wildman–Crippen LogP) is 4.17. The topological polar surface area (TPSA) is 44.8 Å². The summed E-state index contributed by atoms with van der Waals surface area (Å²) in [5, 5.41) is 5.30. The molecule has 0 bridgehead atoms. The van der Waals surface area contributed by atoms with E-state index >= 15 is 0 Å². The number of nitrogens with one attached hydrogen (secondary N) is 1. The number of benzene rings is 2. The number of hydrogen-bond acceptors (Lipinski definition) is 5. The van der Waals surface area contributed by atoms with Crippen molar-refractivity contribution in [2.24, 2.45) is 0 Å². The van der Waals surface area contributed by atoms with E-state index in [1.54, 1.807) is 18.4 Å². The van der Waals surface area contributed by atoms with Crippen LogP contribution in [0.1, 0.15) is 22.9 Å². The Hall–Kier alpha value is -2.83. The molecule has 3 aromatic rings. The van der Waals surface area contributed by atoms with Crippen molar-refractivity contribution < 1.29 is 9.53 Å². The fourth-order valence-corrected chi connectivity index (χ4v) is 4.74. The smallest absolute Gasteiger partial charge is 0.222 e. The normalized spacial score (nSPS) is 15.5. The molecule has 1 atom stereocenters. The monoisotopic (exact) mass is 435 g/mol. The molecule has 2 aromatic carbocycles. The van der Waals surface area contributed by atoms with Crippen LogP contribution in [-0.2, 0) is 4.79 Å². The number of hydrogen-bond donors (Lipinski definition) is 1. The molecule has 1 saturated heterocycles. The van der Waals surface area contributed by atoms with Crippen molar-refractivity contribution in [3.05, 3.63) is 82.6 Å². The van der Waals surface area contributed by atoms with Crippen LogP contribution in [0.15, 0.2) is 72.1 Å². The molecular formula is C25H29N3O2S. The number of anilines is 1. The molecule has 1 aliphatic heterocycles. The van der Waals surface area contributed by atoms with Crippen molar-refractivity contribution in [2.45, 2.75) is 12.5 Å². The van der Waals surface area contributed by atoms with E-state index in [0.29, 0.717) is 6.42 Å². The maximum absolute atomic E-state index is 12.8. The van der Waals surface area contributed by atoms with Gasteiger partial charge in [-0.2, -0.15) is 0 Å². The number of carbonyl (C=O) groups excluding carboxylic acids is 1. The van der Waals surface area contributed by atoms with Gasteiger partial charge in [-0.25, -0.2) is 0 Å². The van der Waals surface area contributed by atoms with E-state index in [9.17, 15) is 4.79 Å². The number of carbonyl (C=O) groups is 1. The lowest BCUT2D eigenvalue weighted by atomic mass is 10.1. The van der Waals surface area contributed by atoms with Gasteiger partial charge in [-0.15, -0.1) is 11.3 Å². The molecule has 0 radical (unpaired) electrons. The second-order valence-electron chi connectivity index (χ2n) is 7.70. The highest BCUT2D eigenvalue weighted by atomic mass is 32.1. The van der Waals surface area contributed by atoms with Gasteiger partial charge >= 0.3 is 0 Å². The Morgan fingerprint density at radius 1 is 1.00 bits per heavy atom. The molecule has 1 fully saturated rings. The van der Waals surface area contributed by atoms with Crippen molar-refractivity contribution in [1.29, 1.82) is 0 Å². The Morgan fingerprint density at radius 3 is 2.39 bits per heavy atom. The van der Waals surface area contributed by atoms with Gasteiger partial charge in [0.1, 0.15) is 5.75 Å². The molecule has 1 aliphatic rings. The molecule has 1 N–H and O–H groups in total. The lowest BCUT2D eigenvalue weighted by molar-refractivity contribution is -0.121. The number of ether oxygens (including phenoxy) is 1. The Labute approximate surface area is 188 Å². The van der Waals surface area contributed by atoms with Crippen LogP contribution < -0.4 is 15.0 Å². The third-order valence-electron chi connectivity index (χ3n) is 5.73. The largest absolute Gasteiger partial charge is 0.497 e. The molecule has 1 aromatic heterocycles. The molecular weight excluding hydrogens is 406 g/mol. The molecule has 0 spiro atoms. The average Bonchev–Trinajstić information content (AvgIpc) is 3.37. The lowest BCUT2D eigenvalue weighted by Gasteiger charge is -2.36. The number of nitrogens with zero attached hydrogens (tertiary/aromatic N) is 2. The van der Waals surface area contributed by atoms with Crippen LogP contribution in [0.25, 0.3) is 0 Å². The van der Waals surface area contributed by atoms with Crippen molar-refractivity contribution in [1.82, 2.24) is 10.2 Å². The van der Waals surface area contributed by atoms with Crippen molar-refractivity contribution in [2.75, 3.05) is 44.7 Å². The molecule has 6 heteroatoms. The highest BCUT2D eigenvalue weighted by Gasteiger charge is 2.20. The minimum atomic E-state index is -0.0828. The van der Waals surface area contributed by atoms with Gasteiger partial charge in [-0.05, 0) is 41.3 Å². The van der Waals surface area contributed by atoms with E-state index < -0.39 is 0 Å². The zero-order valence-corrected chi connectivity index (χ0v) is 18.7. The van der Waals surface area contributed by atoms with Crippen molar-refractivity contribution in [3.8, 4) is 5.75 Å². The Kier molecular flexibility index (Phi) is 7.22. The zero-order valence-electron chi connectivity index (χ0n) is 17.9. The highest BCUT2D eigenvalue weighted by Crippen LogP contribution is 2.26. The third kappa shape index (κ3) is 5.66. The van der Waals surface area contributed by atoms with E-state index in [-0.39, 0.29) is 11.9 Å². The first-order chi connectivity index (χ1) is 15.2. The van der Waals surface area contributed by atoms with Gasteiger partial charge in [0.15, 0.2) is 0 Å². The van der Waals surface area contributed by atoms with Gasteiger partial charge in [-0.3, -0.25) is 9.69 Å². The average molecular weight is 436 g/mol. The van der Waals surface area contributed by atoms with Gasteiger partial charge < -0.3 is 15.0 Å². The van der Waals surface area contributed by atoms with Crippen LogP contribution in [0, 0.1) is 0 Å². The van der Waals surface area contributed by atoms with Crippen LogP contribution in [0.3, 0.4) is 0 Å². The molecule has 4 rings (SSSR count). The van der Waals surface area contributed by atoms with Crippen LogP contribution >= 0.6 is 11.3 Å². The SMILES string of the molecule is COc1ccc(N2CCN(CCC(=O)N[C@@H](c3ccccc3)c3cccs3)CC2)cc1. The fraction of sp³-hybridized carbons (Fsp3) is 0.320.